The van der Waals surface area contributed by atoms with Gasteiger partial charge in [-0.15, -0.1) is 0 Å². The summed E-state index contributed by atoms with van der Waals surface area (Å²) in [5, 5.41) is 12.3. The number of fused-ring (bicyclic) bond motifs is 1. The van der Waals surface area contributed by atoms with Crippen molar-refractivity contribution in [3.05, 3.63) is 40.4 Å². The molecule has 0 radical (unpaired) electrons. The standard InChI is InChI=1S/C15H19N3O4/c1-3-10(22-4-2)8-17-14(20)11-9-16-13-12(19)6-5-7-18(13)15(11)21/h5-7,9-10,19H,3-4,8H2,1-2H3,(H,17,20). The van der Waals surface area contributed by atoms with Crippen molar-refractivity contribution < 1.29 is 14.6 Å². The Morgan fingerprint density at radius 2 is 2.27 bits per heavy atom. The van der Waals surface area contributed by atoms with E-state index in [1.54, 1.807) is 0 Å². The number of nitrogens with zero attached hydrogens (tertiary/aromatic N) is 2. The fourth-order valence-corrected chi connectivity index (χ4v) is 2.11. The van der Waals surface area contributed by atoms with E-state index in [9.17, 15) is 14.7 Å². The van der Waals surface area contributed by atoms with Crippen molar-refractivity contribution in [2.75, 3.05) is 13.2 Å². The van der Waals surface area contributed by atoms with E-state index in [1.807, 2.05) is 13.8 Å². The van der Waals surface area contributed by atoms with Gasteiger partial charge in [0.05, 0.1) is 6.10 Å². The van der Waals surface area contributed by atoms with Crippen LogP contribution in [0, 0.1) is 0 Å². The van der Waals surface area contributed by atoms with Crippen LogP contribution in [0.15, 0.2) is 29.3 Å². The zero-order chi connectivity index (χ0) is 16.1. The van der Waals surface area contributed by atoms with Gasteiger partial charge in [-0.3, -0.25) is 14.0 Å². The molecule has 2 heterocycles. The average Bonchev–Trinajstić information content (AvgIpc) is 2.52. The van der Waals surface area contributed by atoms with Crippen molar-refractivity contribution in [2.24, 2.45) is 0 Å². The Hall–Kier alpha value is -2.41. The van der Waals surface area contributed by atoms with Gasteiger partial charge in [0.25, 0.3) is 11.5 Å². The molecular weight excluding hydrogens is 286 g/mol. The van der Waals surface area contributed by atoms with Crippen LogP contribution in [0.25, 0.3) is 5.65 Å². The summed E-state index contributed by atoms with van der Waals surface area (Å²) in [6, 6.07) is 2.94. The first-order valence-electron chi connectivity index (χ1n) is 7.17. The zero-order valence-corrected chi connectivity index (χ0v) is 12.6. The van der Waals surface area contributed by atoms with E-state index in [0.717, 1.165) is 10.8 Å². The van der Waals surface area contributed by atoms with Crippen LogP contribution in [0.2, 0.25) is 0 Å². The van der Waals surface area contributed by atoms with E-state index in [0.29, 0.717) is 13.2 Å². The van der Waals surface area contributed by atoms with Gasteiger partial charge in [0.2, 0.25) is 0 Å². The van der Waals surface area contributed by atoms with Crippen molar-refractivity contribution in [1.29, 1.82) is 0 Å². The van der Waals surface area contributed by atoms with Gasteiger partial charge in [-0.1, -0.05) is 6.92 Å². The van der Waals surface area contributed by atoms with E-state index in [1.165, 1.54) is 24.5 Å². The fraction of sp³-hybridized carbons (Fsp3) is 0.400. The third kappa shape index (κ3) is 3.25. The normalized spacial score (nSPS) is 12.3. The molecule has 0 saturated heterocycles. The predicted octanol–water partition coefficient (Wildman–Crippen LogP) is 0.945. The molecule has 0 aliphatic carbocycles. The first-order chi connectivity index (χ1) is 10.6. The second-order valence-corrected chi connectivity index (χ2v) is 4.76. The molecule has 2 rings (SSSR count). The number of hydrogen-bond acceptors (Lipinski definition) is 5. The fourth-order valence-electron chi connectivity index (χ4n) is 2.11. The highest BCUT2D eigenvalue weighted by atomic mass is 16.5. The molecule has 7 heteroatoms. The number of aromatic hydroxyl groups is 1. The maximum absolute atomic E-state index is 12.3. The van der Waals surface area contributed by atoms with Gasteiger partial charge in [0.1, 0.15) is 5.56 Å². The van der Waals surface area contributed by atoms with Crippen LogP contribution >= 0.6 is 0 Å². The summed E-state index contributed by atoms with van der Waals surface area (Å²) in [6.45, 7) is 4.73. The van der Waals surface area contributed by atoms with Crippen molar-refractivity contribution in [1.82, 2.24) is 14.7 Å². The Morgan fingerprint density at radius 3 is 2.95 bits per heavy atom. The second-order valence-electron chi connectivity index (χ2n) is 4.76. The number of pyridine rings is 1. The van der Waals surface area contributed by atoms with Crippen LogP contribution in [0.1, 0.15) is 30.6 Å². The molecule has 0 aromatic carbocycles. The van der Waals surface area contributed by atoms with E-state index in [4.69, 9.17) is 4.74 Å². The number of hydrogen-bond donors (Lipinski definition) is 2. The summed E-state index contributed by atoms with van der Waals surface area (Å²) in [4.78, 5) is 28.4. The van der Waals surface area contributed by atoms with Gasteiger partial charge in [0, 0.05) is 25.5 Å². The Kier molecular flexibility index (Phi) is 5.11. The lowest BCUT2D eigenvalue weighted by Gasteiger charge is -2.15. The van der Waals surface area contributed by atoms with E-state index in [2.05, 4.69) is 10.3 Å². The minimum Gasteiger partial charge on any atom is -0.504 e. The Balaban J connectivity index is 2.22. The molecule has 2 aromatic heterocycles. The topological polar surface area (TPSA) is 92.9 Å². The second kappa shape index (κ2) is 7.04. The Morgan fingerprint density at radius 1 is 1.50 bits per heavy atom. The van der Waals surface area contributed by atoms with Crippen LogP contribution in [0.3, 0.4) is 0 Å². The van der Waals surface area contributed by atoms with E-state index >= 15 is 0 Å². The minimum absolute atomic E-state index is 0.0746. The highest BCUT2D eigenvalue weighted by molar-refractivity contribution is 5.93. The summed E-state index contributed by atoms with van der Waals surface area (Å²) < 4.78 is 6.59. The molecule has 22 heavy (non-hydrogen) atoms. The van der Waals surface area contributed by atoms with Gasteiger partial charge in [-0.25, -0.2) is 4.98 Å². The monoisotopic (exact) mass is 305 g/mol. The summed E-state index contributed by atoms with van der Waals surface area (Å²) >= 11 is 0. The molecule has 2 aromatic rings. The van der Waals surface area contributed by atoms with Gasteiger partial charge in [-0.05, 0) is 25.5 Å². The highest BCUT2D eigenvalue weighted by Gasteiger charge is 2.15. The number of aromatic nitrogens is 2. The molecule has 7 nitrogen and oxygen atoms in total. The highest BCUT2D eigenvalue weighted by Crippen LogP contribution is 2.12. The number of rotatable bonds is 6. The van der Waals surface area contributed by atoms with Crippen LogP contribution < -0.4 is 10.9 Å². The Labute approximate surface area is 127 Å². The SMILES string of the molecule is CCOC(CC)CNC(=O)c1cnc2c(O)cccn2c1=O. The molecule has 0 bridgehead atoms. The molecule has 0 spiro atoms. The lowest BCUT2D eigenvalue weighted by molar-refractivity contribution is 0.0568. The number of ether oxygens (including phenoxy) is 1. The number of carbonyl (C=O) groups is 1. The molecule has 1 atom stereocenters. The van der Waals surface area contributed by atoms with Crippen LogP contribution in [-0.4, -0.2) is 39.7 Å². The van der Waals surface area contributed by atoms with Crippen molar-refractivity contribution in [3.63, 3.8) is 0 Å². The Bertz CT molecular complexity index is 726. The zero-order valence-electron chi connectivity index (χ0n) is 12.6. The van der Waals surface area contributed by atoms with Gasteiger partial charge in [-0.2, -0.15) is 0 Å². The van der Waals surface area contributed by atoms with Crippen molar-refractivity contribution >= 4 is 11.6 Å². The quantitative estimate of drug-likeness (QED) is 0.828. The van der Waals surface area contributed by atoms with E-state index in [-0.39, 0.29) is 23.1 Å². The number of amides is 1. The van der Waals surface area contributed by atoms with Gasteiger partial charge >= 0.3 is 0 Å². The average molecular weight is 305 g/mol. The lowest BCUT2D eigenvalue weighted by Crippen LogP contribution is -2.37. The molecule has 0 aliphatic heterocycles. The smallest absolute Gasteiger partial charge is 0.270 e. The summed E-state index contributed by atoms with van der Waals surface area (Å²) in [6.07, 6.45) is 3.30. The minimum atomic E-state index is -0.525. The molecule has 118 valence electrons. The predicted molar refractivity (Wildman–Crippen MR) is 81.2 cm³/mol. The van der Waals surface area contributed by atoms with Gasteiger partial charge in [0.15, 0.2) is 11.4 Å². The molecule has 1 amide bonds. The molecule has 1 unspecified atom stereocenters. The van der Waals surface area contributed by atoms with Crippen LogP contribution in [-0.2, 0) is 4.74 Å². The first-order valence-corrected chi connectivity index (χ1v) is 7.17. The third-order valence-corrected chi connectivity index (χ3v) is 3.30. The molecular formula is C15H19N3O4. The third-order valence-electron chi connectivity index (χ3n) is 3.30. The van der Waals surface area contributed by atoms with Crippen molar-refractivity contribution in [3.8, 4) is 5.75 Å². The maximum atomic E-state index is 12.3. The molecule has 0 fully saturated rings. The molecule has 0 aliphatic rings. The van der Waals surface area contributed by atoms with Crippen LogP contribution in [0.4, 0.5) is 0 Å². The summed E-state index contributed by atoms with van der Waals surface area (Å²) in [5.74, 6) is -0.623. The maximum Gasteiger partial charge on any atom is 0.270 e. The summed E-state index contributed by atoms with van der Waals surface area (Å²) in [7, 11) is 0. The summed E-state index contributed by atoms with van der Waals surface area (Å²) in [5.41, 5.74) is -0.484. The number of carbonyl (C=O) groups excluding carboxylic acids is 1. The van der Waals surface area contributed by atoms with E-state index < -0.39 is 11.5 Å². The first kappa shape index (κ1) is 16.0. The largest absolute Gasteiger partial charge is 0.504 e. The molecule has 0 saturated carbocycles. The lowest BCUT2D eigenvalue weighted by atomic mass is 10.2. The van der Waals surface area contributed by atoms with Crippen LogP contribution in [0.5, 0.6) is 5.75 Å². The van der Waals surface area contributed by atoms with Gasteiger partial charge < -0.3 is 15.2 Å². The number of nitrogens with one attached hydrogen (secondary N) is 1. The van der Waals surface area contributed by atoms with Crippen molar-refractivity contribution in [2.45, 2.75) is 26.4 Å². The molecule has 2 N–H and O–H groups in total.